The highest BCUT2D eigenvalue weighted by Gasteiger charge is 2.18. The van der Waals surface area contributed by atoms with Crippen LogP contribution >= 0.6 is 23.2 Å². The molecule has 1 atom stereocenters. The third-order valence-electron chi connectivity index (χ3n) is 3.57. The highest BCUT2D eigenvalue weighted by molar-refractivity contribution is 6.31. The van der Waals surface area contributed by atoms with Gasteiger partial charge < -0.3 is 9.30 Å². The SMILES string of the molecule is ClCc1nc2cc(Cl)ccc2n1CC1CCCCO1. The molecule has 1 aliphatic rings. The summed E-state index contributed by atoms with van der Waals surface area (Å²) in [6.07, 6.45) is 3.77. The molecule has 0 saturated carbocycles. The van der Waals surface area contributed by atoms with E-state index in [1.165, 1.54) is 12.8 Å². The van der Waals surface area contributed by atoms with Gasteiger partial charge in [0.25, 0.3) is 0 Å². The minimum Gasteiger partial charge on any atom is -0.376 e. The second kappa shape index (κ2) is 5.70. The summed E-state index contributed by atoms with van der Waals surface area (Å²) in [5.74, 6) is 1.28. The Morgan fingerprint density at radius 2 is 2.26 bits per heavy atom. The van der Waals surface area contributed by atoms with Crippen LogP contribution in [0, 0.1) is 0 Å². The average Bonchev–Trinajstić information content (AvgIpc) is 2.77. The Morgan fingerprint density at radius 1 is 1.37 bits per heavy atom. The van der Waals surface area contributed by atoms with Crippen molar-refractivity contribution in [1.29, 1.82) is 0 Å². The van der Waals surface area contributed by atoms with E-state index in [0.29, 0.717) is 10.9 Å². The van der Waals surface area contributed by atoms with Gasteiger partial charge in [0.05, 0.1) is 29.6 Å². The molecule has 1 unspecified atom stereocenters. The van der Waals surface area contributed by atoms with Gasteiger partial charge in [0, 0.05) is 11.6 Å². The lowest BCUT2D eigenvalue weighted by Crippen LogP contribution is -2.25. The van der Waals surface area contributed by atoms with E-state index >= 15 is 0 Å². The zero-order valence-electron chi connectivity index (χ0n) is 10.6. The van der Waals surface area contributed by atoms with Crippen molar-refractivity contribution in [3.8, 4) is 0 Å². The second-order valence-corrected chi connectivity index (χ2v) is 5.60. The minimum atomic E-state index is 0.267. The first-order chi connectivity index (χ1) is 9.28. The van der Waals surface area contributed by atoms with Gasteiger partial charge in [-0.25, -0.2) is 4.98 Å². The summed E-state index contributed by atoms with van der Waals surface area (Å²) in [4.78, 5) is 4.55. The molecule has 0 radical (unpaired) electrons. The molecule has 0 bridgehead atoms. The minimum absolute atomic E-state index is 0.267. The van der Waals surface area contributed by atoms with Crippen LogP contribution in [0.25, 0.3) is 11.0 Å². The smallest absolute Gasteiger partial charge is 0.124 e. The fourth-order valence-electron chi connectivity index (χ4n) is 2.61. The highest BCUT2D eigenvalue weighted by atomic mass is 35.5. The quantitative estimate of drug-likeness (QED) is 0.801. The van der Waals surface area contributed by atoms with E-state index in [1.54, 1.807) is 0 Å². The topological polar surface area (TPSA) is 27.1 Å². The number of halogens is 2. The third-order valence-corrected chi connectivity index (χ3v) is 4.04. The van der Waals surface area contributed by atoms with E-state index in [2.05, 4.69) is 9.55 Å². The van der Waals surface area contributed by atoms with Crippen molar-refractivity contribution >= 4 is 34.2 Å². The van der Waals surface area contributed by atoms with Crippen molar-refractivity contribution in [3.05, 3.63) is 29.0 Å². The van der Waals surface area contributed by atoms with Crippen LogP contribution in [0.1, 0.15) is 25.1 Å². The zero-order chi connectivity index (χ0) is 13.2. The van der Waals surface area contributed by atoms with E-state index in [0.717, 1.165) is 36.4 Å². The van der Waals surface area contributed by atoms with Crippen molar-refractivity contribution in [2.75, 3.05) is 6.61 Å². The summed E-state index contributed by atoms with van der Waals surface area (Å²) in [5.41, 5.74) is 1.98. The fourth-order valence-corrected chi connectivity index (χ4v) is 2.98. The molecule has 1 aromatic carbocycles. The molecule has 2 heterocycles. The van der Waals surface area contributed by atoms with Crippen molar-refractivity contribution < 1.29 is 4.74 Å². The van der Waals surface area contributed by atoms with Crippen LogP contribution < -0.4 is 0 Å². The molecule has 0 amide bonds. The van der Waals surface area contributed by atoms with Gasteiger partial charge >= 0.3 is 0 Å². The van der Waals surface area contributed by atoms with E-state index < -0.39 is 0 Å². The van der Waals surface area contributed by atoms with Crippen LogP contribution in [0.4, 0.5) is 0 Å². The summed E-state index contributed by atoms with van der Waals surface area (Å²) in [6, 6.07) is 5.77. The van der Waals surface area contributed by atoms with Crippen molar-refractivity contribution in [1.82, 2.24) is 9.55 Å². The van der Waals surface area contributed by atoms with E-state index in [4.69, 9.17) is 27.9 Å². The predicted octanol–water partition coefficient (Wildman–Crippen LogP) is 4.00. The molecule has 0 N–H and O–H groups in total. The number of hydrogen-bond donors (Lipinski definition) is 0. The number of nitrogens with zero attached hydrogens (tertiary/aromatic N) is 2. The third kappa shape index (κ3) is 2.73. The largest absolute Gasteiger partial charge is 0.376 e. The van der Waals surface area contributed by atoms with Crippen molar-refractivity contribution in [3.63, 3.8) is 0 Å². The van der Waals surface area contributed by atoms with Gasteiger partial charge in [-0.05, 0) is 37.5 Å². The Labute approximate surface area is 122 Å². The Balaban J connectivity index is 1.95. The van der Waals surface area contributed by atoms with Gasteiger partial charge in [-0.15, -0.1) is 11.6 Å². The molecule has 1 aromatic heterocycles. The maximum Gasteiger partial charge on any atom is 0.124 e. The molecule has 19 heavy (non-hydrogen) atoms. The Hall–Kier alpha value is -0.770. The van der Waals surface area contributed by atoms with Crippen molar-refractivity contribution in [2.45, 2.75) is 37.8 Å². The first-order valence-corrected chi connectivity index (χ1v) is 7.51. The van der Waals surface area contributed by atoms with Crippen LogP contribution in [-0.2, 0) is 17.2 Å². The van der Waals surface area contributed by atoms with Gasteiger partial charge in [-0.3, -0.25) is 0 Å². The number of aromatic nitrogens is 2. The van der Waals surface area contributed by atoms with Gasteiger partial charge in [-0.1, -0.05) is 11.6 Å². The van der Waals surface area contributed by atoms with Gasteiger partial charge in [0.1, 0.15) is 5.82 Å². The van der Waals surface area contributed by atoms with Crippen LogP contribution in [0.15, 0.2) is 18.2 Å². The van der Waals surface area contributed by atoms with Crippen LogP contribution in [0.3, 0.4) is 0 Å². The molecule has 5 heteroatoms. The standard InChI is InChI=1S/C14H16Cl2N2O/c15-8-14-17-12-7-10(16)4-5-13(12)18(14)9-11-3-1-2-6-19-11/h4-5,7,11H,1-3,6,8-9H2. The van der Waals surface area contributed by atoms with E-state index in [-0.39, 0.29) is 6.10 Å². The number of fused-ring (bicyclic) bond motifs is 1. The molecule has 0 aliphatic carbocycles. The fraction of sp³-hybridized carbons (Fsp3) is 0.500. The van der Waals surface area contributed by atoms with Gasteiger partial charge in [-0.2, -0.15) is 0 Å². The monoisotopic (exact) mass is 298 g/mol. The van der Waals surface area contributed by atoms with Crippen LogP contribution in [0.5, 0.6) is 0 Å². The molecule has 0 spiro atoms. The van der Waals surface area contributed by atoms with Crippen LogP contribution in [-0.4, -0.2) is 22.3 Å². The number of rotatable bonds is 3. The normalized spacial score (nSPS) is 20.0. The van der Waals surface area contributed by atoms with Gasteiger partial charge in [0.2, 0.25) is 0 Å². The molecule has 102 valence electrons. The molecule has 1 fully saturated rings. The number of ether oxygens (including phenoxy) is 1. The Kier molecular flexibility index (Phi) is 3.96. The lowest BCUT2D eigenvalue weighted by Gasteiger charge is -2.23. The first-order valence-electron chi connectivity index (χ1n) is 6.60. The molecule has 1 saturated heterocycles. The second-order valence-electron chi connectivity index (χ2n) is 4.89. The van der Waals surface area contributed by atoms with Crippen LogP contribution in [0.2, 0.25) is 5.02 Å². The number of hydrogen-bond acceptors (Lipinski definition) is 2. The average molecular weight is 299 g/mol. The summed E-state index contributed by atoms with van der Waals surface area (Å²) >= 11 is 12.0. The number of alkyl halides is 1. The Bertz CT molecular complexity index is 576. The molecule has 2 aromatic rings. The molecule has 3 nitrogen and oxygen atoms in total. The maximum absolute atomic E-state index is 6.01. The maximum atomic E-state index is 6.01. The molecular weight excluding hydrogens is 283 g/mol. The predicted molar refractivity (Wildman–Crippen MR) is 77.9 cm³/mol. The number of benzene rings is 1. The lowest BCUT2D eigenvalue weighted by molar-refractivity contribution is 0.00627. The van der Waals surface area contributed by atoms with E-state index in [1.807, 2.05) is 18.2 Å². The highest BCUT2D eigenvalue weighted by Crippen LogP contribution is 2.24. The summed E-state index contributed by atoms with van der Waals surface area (Å²) < 4.78 is 7.97. The van der Waals surface area contributed by atoms with Gasteiger partial charge in [0.15, 0.2) is 0 Å². The Morgan fingerprint density at radius 3 is 3.00 bits per heavy atom. The molecule has 3 rings (SSSR count). The lowest BCUT2D eigenvalue weighted by atomic mass is 10.1. The number of imidazole rings is 1. The summed E-state index contributed by atoms with van der Waals surface area (Å²) in [7, 11) is 0. The summed E-state index contributed by atoms with van der Waals surface area (Å²) in [6.45, 7) is 1.68. The molecule has 1 aliphatic heterocycles. The molecular formula is C14H16Cl2N2O. The van der Waals surface area contributed by atoms with E-state index in [9.17, 15) is 0 Å². The summed E-state index contributed by atoms with van der Waals surface area (Å²) in [5, 5.41) is 0.701. The zero-order valence-corrected chi connectivity index (χ0v) is 12.1. The van der Waals surface area contributed by atoms with Crippen molar-refractivity contribution in [2.24, 2.45) is 0 Å². The first kappa shape index (κ1) is 13.2.